The summed E-state index contributed by atoms with van der Waals surface area (Å²) in [5, 5.41) is 3.07. The second kappa shape index (κ2) is 5.98. The van der Waals surface area contributed by atoms with E-state index in [1.807, 2.05) is 13.8 Å². The lowest BCUT2D eigenvalue weighted by Gasteiger charge is -2.12. The third-order valence-electron chi connectivity index (χ3n) is 5.13. The number of halogens is 1. The monoisotopic (exact) mass is 361 g/mol. The quantitative estimate of drug-likeness (QED) is 0.776. The van der Waals surface area contributed by atoms with E-state index < -0.39 is 5.82 Å². The van der Waals surface area contributed by atoms with Crippen LogP contribution in [0.1, 0.15) is 50.4 Å². The van der Waals surface area contributed by atoms with Crippen LogP contribution in [0.4, 0.5) is 4.39 Å². The molecule has 1 aliphatic carbocycles. The minimum absolute atomic E-state index is 0.0214. The number of aromatic amines is 1. The average molecular weight is 361 g/mol. The summed E-state index contributed by atoms with van der Waals surface area (Å²) in [7, 11) is 0. The van der Waals surface area contributed by atoms with Gasteiger partial charge in [-0.1, -0.05) is 18.3 Å². The molecular weight excluding hydrogens is 341 g/mol. The molecule has 0 spiro atoms. The summed E-state index contributed by atoms with van der Waals surface area (Å²) >= 11 is 1.04. The van der Waals surface area contributed by atoms with Gasteiger partial charge in [0.05, 0.1) is 10.2 Å². The lowest BCUT2D eigenvalue weighted by atomic mass is 9.98. The highest BCUT2D eigenvalue weighted by Gasteiger charge is 2.21. The topological polar surface area (TPSA) is 59.8 Å². The predicted octanol–water partition coefficient (Wildman–Crippen LogP) is 3.53. The molecule has 7 heteroatoms. The van der Waals surface area contributed by atoms with Crippen LogP contribution in [0.5, 0.6) is 0 Å². The molecule has 25 heavy (non-hydrogen) atoms. The minimum Gasteiger partial charge on any atom is -0.296 e. The molecule has 2 heterocycles. The van der Waals surface area contributed by atoms with Crippen LogP contribution in [-0.2, 0) is 12.8 Å². The second-order valence-corrected chi connectivity index (χ2v) is 7.68. The molecule has 0 saturated heterocycles. The number of aryl methyl sites for hydroxylation is 1. The van der Waals surface area contributed by atoms with Gasteiger partial charge in [0.1, 0.15) is 11.5 Å². The van der Waals surface area contributed by atoms with Crippen molar-refractivity contribution in [3.05, 3.63) is 49.2 Å². The molecule has 1 atom stereocenters. The lowest BCUT2D eigenvalue weighted by molar-refractivity contribution is 0.538. The highest BCUT2D eigenvalue weighted by atomic mass is 32.1. The Hall–Kier alpha value is -2.15. The molecule has 1 aliphatic rings. The molecule has 5 nitrogen and oxygen atoms in total. The molecule has 3 aromatic rings. The van der Waals surface area contributed by atoms with Gasteiger partial charge in [-0.25, -0.2) is 9.07 Å². The van der Waals surface area contributed by atoms with E-state index in [-0.39, 0.29) is 22.2 Å². The van der Waals surface area contributed by atoms with Crippen LogP contribution in [0.15, 0.2) is 21.7 Å². The molecule has 1 N–H and O–H groups in total. The number of thiazole rings is 1. The molecule has 1 unspecified atom stereocenters. The SMILES string of the molecule is CCC(C)n1c(=O)sc2cc(F)c(-n3[nH]c4c(c3=O)CCCC4)cc21. The molecule has 0 bridgehead atoms. The first kappa shape index (κ1) is 16.3. The summed E-state index contributed by atoms with van der Waals surface area (Å²) in [4.78, 5) is 24.9. The zero-order valence-electron chi connectivity index (χ0n) is 14.3. The number of rotatable bonds is 3. The van der Waals surface area contributed by atoms with Crippen LogP contribution in [0.3, 0.4) is 0 Å². The van der Waals surface area contributed by atoms with Gasteiger partial charge in [-0.2, -0.15) is 0 Å². The zero-order chi connectivity index (χ0) is 17.7. The molecule has 2 aromatic heterocycles. The summed E-state index contributed by atoms with van der Waals surface area (Å²) in [6.07, 6.45) is 4.37. The Morgan fingerprint density at radius 3 is 2.76 bits per heavy atom. The maximum absolute atomic E-state index is 14.7. The van der Waals surface area contributed by atoms with E-state index in [9.17, 15) is 14.0 Å². The number of nitrogens with one attached hydrogen (secondary N) is 1. The van der Waals surface area contributed by atoms with Gasteiger partial charge in [-0.05, 0) is 51.2 Å². The second-order valence-electron chi connectivity index (χ2n) is 6.68. The first-order valence-corrected chi connectivity index (χ1v) is 9.50. The van der Waals surface area contributed by atoms with E-state index in [2.05, 4.69) is 5.10 Å². The maximum atomic E-state index is 14.7. The predicted molar refractivity (Wildman–Crippen MR) is 97.6 cm³/mol. The first-order valence-electron chi connectivity index (χ1n) is 8.69. The van der Waals surface area contributed by atoms with Gasteiger partial charge < -0.3 is 0 Å². The number of nitrogens with zero attached hydrogens (tertiary/aromatic N) is 2. The van der Waals surface area contributed by atoms with Crippen molar-refractivity contribution in [3.8, 4) is 5.69 Å². The van der Waals surface area contributed by atoms with E-state index in [0.717, 1.165) is 54.7 Å². The normalized spacial score (nSPS) is 15.5. The summed E-state index contributed by atoms with van der Waals surface area (Å²) in [6, 6.07) is 3.01. The van der Waals surface area contributed by atoms with Crippen molar-refractivity contribution in [3.63, 3.8) is 0 Å². The molecule has 0 aliphatic heterocycles. The summed E-state index contributed by atoms with van der Waals surface area (Å²) in [6.45, 7) is 3.98. The summed E-state index contributed by atoms with van der Waals surface area (Å²) in [5.74, 6) is -0.495. The lowest BCUT2D eigenvalue weighted by Crippen LogP contribution is -2.20. The third-order valence-corrected chi connectivity index (χ3v) is 6.05. The molecule has 0 amide bonds. The van der Waals surface area contributed by atoms with Crippen LogP contribution in [-0.4, -0.2) is 14.3 Å². The number of hydrogen-bond donors (Lipinski definition) is 1. The molecule has 4 rings (SSSR count). The maximum Gasteiger partial charge on any atom is 0.308 e. The third kappa shape index (κ3) is 2.49. The number of H-pyrrole nitrogens is 1. The standard InChI is InChI=1S/C18H20FN3O2S/c1-3-10(2)21-15-9-14(12(19)8-16(15)25-18(21)24)22-17(23)11-6-4-5-7-13(11)20-22/h8-10,20H,3-7H2,1-2H3. The fourth-order valence-corrected chi connectivity index (χ4v) is 4.56. The molecule has 1 aromatic carbocycles. The Kier molecular flexibility index (Phi) is 3.91. The van der Waals surface area contributed by atoms with Crippen molar-refractivity contribution in [2.45, 2.75) is 52.0 Å². The van der Waals surface area contributed by atoms with Gasteiger partial charge in [0.2, 0.25) is 0 Å². The number of aromatic nitrogens is 3. The first-order chi connectivity index (χ1) is 12.0. The van der Waals surface area contributed by atoms with Gasteiger partial charge >= 0.3 is 4.87 Å². The van der Waals surface area contributed by atoms with Gasteiger partial charge in [0.15, 0.2) is 0 Å². The molecule has 132 valence electrons. The van der Waals surface area contributed by atoms with E-state index in [1.54, 1.807) is 10.6 Å². The van der Waals surface area contributed by atoms with Crippen molar-refractivity contribution in [1.29, 1.82) is 0 Å². The van der Waals surface area contributed by atoms with Crippen LogP contribution < -0.4 is 10.4 Å². The van der Waals surface area contributed by atoms with Crippen molar-refractivity contribution in [1.82, 2.24) is 14.3 Å². The molecular formula is C18H20FN3O2S. The van der Waals surface area contributed by atoms with E-state index in [4.69, 9.17) is 0 Å². The summed E-state index contributed by atoms with van der Waals surface area (Å²) in [5.41, 5.74) is 2.35. The Balaban J connectivity index is 1.97. The highest BCUT2D eigenvalue weighted by molar-refractivity contribution is 7.16. The fourth-order valence-electron chi connectivity index (χ4n) is 3.57. The fraction of sp³-hybridized carbons (Fsp3) is 0.444. The molecule has 0 saturated carbocycles. The number of fused-ring (bicyclic) bond motifs is 2. The van der Waals surface area contributed by atoms with Crippen molar-refractivity contribution >= 4 is 21.6 Å². The Morgan fingerprint density at radius 1 is 1.28 bits per heavy atom. The van der Waals surface area contributed by atoms with Gasteiger partial charge in [-0.3, -0.25) is 19.3 Å². The average Bonchev–Trinajstić information content (AvgIpc) is 3.10. The van der Waals surface area contributed by atoms with Crippen LogP contribution in [0, 0.1) is 5.82 Å². The van der Waals surface area contributed by atoms with E-state index in [1.165, 1.54) is 10.7 Å². The minimum atomic E-state index is -0.495. The van der Waals surface area contributed by atoms with Crippen LogP contribution >= 0.6 is 11.3 Å². The van der Waals surface area contributed by atoms with Crippen molar-refractivity contribution in [2.24, 2.45) is 0 Å². The van der Waals surface area contributed by atoms with Crippen molar-refractivity contribution < 1.29 is 4.39 Å². The van der Waals surface area contributed by atoms with Crippen LogP contribution in [0.2, 0.25) is 0 Å². The zero-order valence-corrected chi connectivity index (χ0v) is 15.1. The van der Waals surface area contributed by atoms with Gasteiger partial charge in [-0.15, -0.1) is 0 Å². The number of benzene rings is 1. The Morgan fingerprint density at radius 2 is 2.04 bits per heavy atom. The Bertz CT molecular complexity index is 1070. The highest BCUT2D eigenvalue weighted by Crippen LogP contribution is 2.27. The van der Waals surface area contributed by atoms with Gasteiger partial charge in [0, 0.05) is 17.3 Å². The Labute approximate surface area is 147 Å². The summed E-state index contributed by atoms with van der Waals surface area (Å²) < 4.78 is 18.3. The molecule has 0 radical (unpaired) electrons. The molecule has 0 fully saturated rings. The van der Waals surface area contributed by atoms with Crippen LogP contribution in [0.25, 0.3) is 15.9 Å². The van der Waals surface area contributed by atoms with E-state index >= 15 is 0 Å². The largest absolute Gasteiger partial charge is 0.308 e. The van der Waals surface area contributed by atoms with Gasteiger partial charge in [0.25, 0.3) is 5.56 Å². The number of hydrogen-bond acceptors (Lipinski definition) is 3. The van der Waals surface area contributed by atoms with Crippen molar-refractivity contribution in [2.75, 3.05) is 0 Å². The smallest absolute Gasteiger partial charge is 0.296 e. The van der Waals surface area contributed by atoms with E-state index in [0.29, 0.717) is 10.2 Å².